The van der Waals surface area contributed by atoms with Crippen LogP contribution in [0.3, 0.4) is 0 Å². The van der Waals surface area contributed by atoms with Crippen molar-refractivity contribution in [3.63, 3.8) is 0 Å². The fraction of sp³-hybridized carbons (Fsp3) is 0.704. The molecule has 6 aliphatic heterocycles. The van der Waals surface area contributed by atoms with E-state index in [0.29, 0.717) is 65.1 Å². The van der Waals surface area contributed by atoms with E-state index in [-0.39, 0.29) is 65.4 Å². The molecule has 8 aliphatic rings. The van der Waals surface area contributed by atoms with E-state index in [2.05, 4.69) is 52.3 Å². The lowest BCUT2D eigenvalue weighted by molar-refractivity contribution is -0.144. The van der Waals surface area contributed by atoms with E-state index in [1.54, 1.807) is 10.5 Å². The van der Waals surface area contributed by atoms with Gasteiger partial charge in [-0.15, -0.1) is 0 Å². The number of aliphatic imine (C=N–C) groups is 1. The first-order valence-corrected chi connectivity index (χ1v) is 26.8. The number of carbonyl (C=O) groups is 4. The summed E-state index contributed by atoms with van der Waals surface area (Å²) < 4.78 is 10.9. The van der Waals surface area contributed by atoms with Crippen molar-refractivity contribution in [2.24, 2.45) is 22.7 Å². The number of benzene rings is 1. The molecule has 2 aromatic rings. The summed E-state index contributed by atoms with van der Waals surface area (Å²) in [5, 5.41) is 3.07. The van der Waals surface area contributed by atoms with Gasteiger partial charge in [0.15, 0.2) is 0 Å². The molecule has 0 radical (unpaired) electrons. The summed E-state index contributed by atoms with van der Waals surface area (Å²) in [5.74, 6) is 1.01. The largest absolute Gasteiger partial charge is 0.378 e. The van der Waals surface area contributed by atoms with E-state index in [0.717, 1.165) is 88.2 Å². The summed E-state index contributed by atoms with van der Waals surface area (Å²) in [6.07, 6.45) is 18.2. The number of nitrogens with one attached hydrogen (secondary N) is 2. The summed E-state index contributed by atoms with van der Waals surface area (Å²) >= 11 is 0. The quantitative estimate of drug-likeness (QED) is 0.231. The Labute approximate surface area is 409 Å². The Morgan fingerprint density at radius 3 is 2.12 bits per heavy atom. The number of allylic oxidation sites excluding steroid dienone is 1. The number of nitrogens with zero attached hydrogens (tertiary/aromatic N) is 7. The van der Waals surface area contributed by atoms with Crippen molar-refractivity contribution in [3.8, 4) is 0 Å². The molecule has 1 saturated carbocycles. The highest BCUT2D eigenvalue weighted by Crippen LogP contribution is 2.55. The average Bonchev–Trinajstić information content (AvgIpc) is 4.24. The molecule has 69 heavy (non-hydrogen) atoms. The fourth-order valence-electron chi connectivity index (χ4n) is 13.4. The average molecular weight is 948 g/mol. The molecular formula is C54H77N9O6. The van der Waals surface area contributed by atoms with E-state index in [4.69, 9.17) is 19.5 Å². The molecule has 1 aromatic heterocycles. The zero-order chi connectivity index (χ0) is 47.8. The minimum absolute atomic E-state index is 0.0245. The van der Waals surface area contributed by atoms with Gasteiger partial charge in [-0.2, -0.15) is 0 Å². The molecule has 7 heterocycles. The second kappa shape index (κ2) is 20.5. The van der Waals surface area contributed by atoms with Crippen molar-refractivity contribution < 1.29 is 28.7 Å². The number of H-pyrrole nitrogens is 1. The molecule has 5 amide bonds. The van der Waals surface area contributed by atoms with Crippen LogP contribution in [0.25, 0.3) is 5.57 Å². The molecule has 15 heteroatoms. The Bertz CT molecular complexity index is 2280. The first kappa shape index (κ1) is 47.9. The van der Waals surface area contributed by atoms with Gasteiger partial charge in [-0.05, 0) is 110 Å². The van der Waals surface area contributed by atoms with Crippen LogP contribution in [-0.2, 0) is 35.7 Å². The molecule has 2 aliphatic carbocycles. The summed E-state index contributed by atoms with van der Waals surface area (Å²) in [6.45, 7) is 15.9. The highest BCUT2D eigenvalue weighted by atomic mass is 16.5. The molecular weight excluding hydrogens is 871 g/mol. The first-order chi connectivity index (χ1) is 33.5. The van der Waals surface area contributed by atoms with Crippen LogP contribution in [0.5, 0.6) is 0 Å². The minimum atomic E-state index is -0.604. The maximum absolute atomic E-state index is 14.3. The van der Waals surface area contributed by atoms with Crippen LogP contribution in [-0.4, -0.2) is 150 Å². The molecule has 1 aromatic carbocycles. The van der Waals surface area contributed by atoms with Crippen LogP contribution >= 0.6 is 0 Å². The van der Waals surface area contributed by atoms with E-state index in [1.807, 2.05) is 29.8 Å². The number of anilines is 1. The second-order valence-electron chi connectivity index (χ2n) is 22.1. The van der Waals surface area contributed by atoms with Crippen molar-refractivity contribution >= 4 is 40.7 Å². The molecule has 6 fully saturated rings. The van der Waals surface area contributed by atoms with Gasteiger partial charge < -0.3 is 44.3 Å². The lowest BCUT2D eigenvalue weighted by atomic mass is 9.78. The number of likely N-dealkylation sites (tertiary alicyclic amines) is 2. The van der Waals surface area contributed by atoms with E-state index in [9.17, 15) is 19.2 Å². The number of aromatic nitrogens is 2. The third-order valence-electron chi connectivity index (χ3n) is 17.4. The minimum Gasteiger partial charge on any atom is -0.378 e. The summed E-state index contributed by atoms with van der Waals surface area (Å²) in [4.78, 5) is 79.0. The van der Waals surface area contributed by atoms with Gasteiger partial charge in [-0.3, -0.25) is 19.4 Å². The number of rotatable bonds is 12. The van der Waals surface area contributed by atoms with Gasteiger partial charge in [0.2, 0.25) is 17.7 Å². The van der Waals surface area contributed by atoms with Crippen LogP contribution in [0.15, 0.2) is 29.5 Å². The number of amides is 5. The van der Waals surface area contributed by atoms with Crippen molar-refractivity contribution in [2.45, 2.75) is 147 Å². The number of carbonyl (C=O) groups excluding carboxylic acids is 4. The molecule has 15 nitrogen and oxygen atoms in total. The third kappa shape index (κ3) is 9.59. The number of morpholine rings is 2. The van der Waals surface area contributed by atoms with Gasteiger partial charge in [0.1, 0.15) is 11.9 Å². The fourth-order valence-corrected chi connectivity index (χ4v) is 13.4. The van der Waals surface area contributed by atoms with Gasteiger partial charge in [0.05, 0.1) is 38.5 Å². The van der Waals surface area contributed by atoms with Gasteiger partial charge in [0, 0.05) is 107 Å². The number of hydrogen-bond acceptors (Lipinski definition) is 9. The maximum Gasteiger partial charge on any atom is 0.318 e. The monoisotopic (exact) mass is 948 g/mol. The summed E-state index contributed by atoms with van der Waals surface area (Å²) in [5.41, 5.74) is 9.66. The predicted molar refractivity (Wildman–Crippen MR) is 266 cm³/mol. The Hall–Kier alpha value is -4.76. The SMILES string of the molecule is CC(C)[C@H](CC(=O)N1CCOCC1)C(=O)N1CCC[C@H]1C1=NC=C(c2ccc(N3CCC(c4cnc([C@@H]5CCCN5C(=O)[C@@H](NC(=O)N5CCOCC5)C(C)C)[nH]4)CC3)c3c2CCC32CCCC2)C1. The van der Waals surface area contributed by atoms with E-state index < -0.39 is 6.04 Å². The van der Waals surface area contributed by atoms with Crippen LogP contribution < -0.4 is 10.2 Å². The lowest BCUT2D eigenvalue weighted by Crippen LogP contribution is -2.55. The van der Waals surface area contributed by atoms with Crippen LogP contribution in [0.2, 0.25) is 0 Å². The standard InChI is InChI=1S/C54H77N9O6/c1-35(2)41(32-47(64)60-23-27-68-28-24-60)51(65)62-19-7-9-44(62)42-31-38(33-55-42)39-11-12-45(48-40(39)13-18-54(48)16-5-6-17-54)59-21-14-37(15-22-59)43-34-56-50(57-43)46-10-8-20-63(46)52(66)49(36(3)4)58-53(67)61-25-29-69-30-26-61/h11-12,33-37,41,44,46,49H,5-10,13-32H2,1-4H3,(H,56,57)(H,58,67)/t41-,44-,46-,49-/m0/s1. The summed E-state index contributed by atoms with van der Waals surface area (Å²) in [6, 6.07) is 3.85. The molecule has 2 N–H and O–H groups in total. The van der Waals surface area contributed by atoms with Crippen molar-refractivity contribution in [1.82, 2.24) is 34.9 Å². The number of aromatic amines is 1. The zero-order valence-electron chi connectivity index (χ0n) is 41.8. The van der Waals surface area contributed by atoms with Crippen molar-refractivity contribution in [1.29, 1.82) is 0 Å². The number of imidazole rings is 1. The predicted octanol–water partition coefficient (Wildman–Crippen LogP) is 6.98. The lowest BCUT2D eigenvalue weighted by Gasteiger charge is -2.38. The number of fused-ring (bicyclic) bond motifs is 2. The Kier molecular flexibility index (Phi) is 14.2. The van der Waals surface area contributed by atoms with E-state index >= 15 is 0 Å². The van der Waals surface area contributed by atoms with Crippen molar-refractivity contribution in [3.05, 3.63) is 52.7 Å². The highest BCUT2D eigenvalue weighted by molar-refractivity contribution is 6.04. The van der Waals surface area contributed by atoms with Gasteiger partial charge in [-0.1, -0.05) is 46.6 Å². The van der Waals surface area contributed by atoms with Crippen LogP contribution in [0.1, 0.15) is 151 Å². The van der Waals surface area contributed by atoms with Crippen LogP contribution in [0.4, 0.5) is 10.5 Å². The number of hydrogen-bond donors (Lipinski definition) is 2. The van der Waals surface area contributed by atoms with Gasteiger partial charge in [-0.25, -0.2) is 9.78 Å². The Morgan fingerprint density at radius 2 is 1.43 bits per heavy atom. The topological polar surface area (TPSA) is 156 Å². The zero-order valence-corrected chi connectivity index (χ0v) is 41.8. The molecule has 4 atom stereocenters. The molecule has 5 saturated heterocycles. The summed E-state index contributed by atoms with van der Waals surface area (Å²) in [7, 11) is 0. The molecule has 374 valence electrons. The number of ether oxygens (including phenoxy) is 2. The van der Waals surface area contributed by atoms with Gasteiger partial charge in [0.25, 0.3) is 0 Å². The first-order valence-electron chi connectivity index (χ1n) is 26.8. The molecule has 0 bridgehead atoms. The van der Waals surface area contributed by atoms with E-state index in [1.165, 1.54) is 54.5 Å². The second-order valence-corrected chi connectivity index (χ2v) is 22.1. The number of urea groups is 1. The maximum atomic E-state index is 14.3. The third-order valence-corrected chi connectivity index (χ3v) is 17.4. The molecule has 1 spiro atoms. The van der Waals surface area contributed by atoms with Crippen molar-refractivity contribution in [2.75, 3.05) is 83.7 Å². The normalized spacial score (nSPS) is 24.9. The molecule has 0 unspecified atom stereocenters. The number of piperidine rings is 1. The Morgan fingerprint density at radius 1 is 0.768 bits per heavy atom. The molecule has 10 rings (SSSR count). The highest BCUT2D eigenvalue weighted by Gasteiger charge is 2.46. The van der Waals surface area contributed by atoms with Crippen LogP contribution in [0, 0.1) is 17.8 Å². The smallest absolute Gasteiger partial charge is 0.318 e. The van der Waals surface area contributed by atoms with Gasteiger partial charge >= 0.3 is 6.03 Å². The Balaban J connectivity index is 0.796.